The number of nitrogens with one attached hydrogen (secondary N) is 2. The molecule has 0 aliphatic rings. The average molecular weight is 337 g/mol. The summed E-state index contributed by atoms with van der Waals surface area (Å²) in [6.07, 6.45) is -10.1. The van der Waals surface area contributed by atoms with E-state index in [0.29, 0.717) is 11.4 Å². The maximum absolute atomic E-state index is 12.4. The van der Waals surface area contributed by atoms with Crippen LogP contribution in [0, 0.1) is 0 Å². The lowest BCUT2D eigenvalue weighted by Crippen LogP contribution is -2.44. The summed E-state index contributed by atoms with van der Waals surface area (Å²) >= 11 is 0. The van der Waals surface area contributed by atoms with Gasteiger partial charge in [-0.25, -0.2) is 0 Å². The van der Waals surface area contributed by atoms with Crippen molar-refractivity contribution in [2.75, 3.05) is 33.2 Å². The SMILES string of the molecule is CNCCCN(CCCNC(=O)C(F)(F)F)C(=O)C(F)(F)F. The van der Waals surface area contributed by atoms with Gasteiger partial charge in [0.05, 0.1) is 0 Å². The van der Waals surface area contributed by atoms with E-state index >= 15 is 0 Å². The fourth-order valence-electron chi connectivity index (χ4n) is 1.51. The smallest absolute Gasteiger partial charge is 0.348 e. The average Bonchev–Trinajstić information content (AvgIpc) is 2.38. The molecule has 0 bridgehead atoms. The van der Waals surface area contributed by atoms with E-state index in [2.05, 4.69) is 5.32 Å². The highest BCUT2D eigenvalue weighted by Gasteiger charge is 2.42. The third-order valence-corrected chi connectivity index (χ3v) is 2.53. The Hall–Kier alpha value is -1.52. The van der Waals surface area contributed by atoms with Crippen LogP contribution in [0.3, 0.4) is 0 Å². The number of carbonyl (C=O) groups excluding carboxylic acids is 2. The molecule has 0 spiro atoms. The Balaban J connectivity index is 4.35. The van der Waals surface area contributed by atoms with Crippen molar-refractivity contribution in [3.05, 3.63) is 0 Å². The lowest BCUT2D eigenvalue weighted by atomic mass is 10.3. The Morgan fingerprint density at radius 1 is 0.909 bits per heavy atom. The zero-order chi connectivity index (χ0) is 17.4. The molecule has 0 atom stereocenters. The second-order valence-electron chi connectivity index (χ2n) is 4.35. The van der Waals surface area contributed by atoms with Gasteiger partial charge in [-0.2, -0.15) is 26.3 Å². The number of halogens is 6. The zero-order valence-electron chi connectivity index (χ0n) is 11.8. The summed E-state index contributed by atoms with van der Waals surface area (Å²) < 4.78 is 72.8. The van der Waals surface area contributed by atoms with Crippen LogP contribution in [0.2, 0.25) is 0 Å². The molecule has 0 aliphatic carbocycles. The van der Waals surface area contributed by atoms with Gasteiger partial charge in [0.2, 0.25) is 0 Å². The van der Waals surface area contributed by atoms with E-state index < -0.39 is 37.3 Å². The minimum absolute atomic E-state index is 0.188. The Bertz CT molecular complexity index is 370. The lowest BCUT2D eigenvalue weighted by Gasteiger charge is -2.23. The third-order valence-electron chi connectivity index (χ3n) is 2.53. The van der Waals surface area contributed by atoms with Gasteiger partial charge < -0.3 is 15.5 Å². The Kier molecular flexibility index (Phi) is 8.20. The normalized spacial score (nSPS) is 12.1. The summed E-state index contributed by atoms with van der Waals surface area (Å²) in [5.74, 6) is -4.22. The molecule has 130 valence electrons. The van der Waals surface area contributed by atoms with Crippen molar-refractivity contribution in [3.63, 3.8) is 0 Å². The molecular formula is C11H17F6N3O2. The van der Waals surface area contributed by atoms with Gasteiger partial charge in [-0.15, -0.1) is 0 Å². The number of amides is 2. The van der Waals surface area contributed by atoms with Crippen LogP contribution in [0.4, 0.5) is 26.3 Å². The summed E-state index contributed by atoms with van der Waals surface area (Å²) in [4.78, 5) is 22.2. The highest BCUT2D eigenvalue weighted by molar-refractivity contribution is 5.82. The Morgan fingerprint density at radius 2 is 1.41 bits per heavy atom. The molecule has 0 aromatic carbocycles. The maximum atomic E-state index is 12.4. The second-order valence-corrected chi connectivity index (χ2v) is 4.35. The largest absolute Gasteiger partial charge is 0.471 e. The summed E-state index contributed by atoms with van der Waals surface area (Å²) in [6, 6.07) is 0. The molecule has 0 aromatic heterocycles. The van der Waals surface area contributed by atoms with Crippen molar-refractivity contribution in [1.82, 2.24) is 15.5 Å². The van der Waals surface area contributed by atoms with E-state index in [1.807, 2.05) is 0 Å². The monoisotopic (exact) mass is 337 g/mol. The molecule has 0 radical (unpaired) electrons. The Morgan fingerprint density at radius 3 is 1.82 bits per heavy atom. The molecule has 5 nitrogen and oxygen atoms in total. The molecule has 0 fully saturated rings. The van der Waals surface area contributed by atoms with E-state index in [4.69, 9.17) is 0 Å². The van der Waals surface area contributed by atoms with Crippen molar-refractivity contribution in [2.45, 2.75) is 25.2 Å². The van der Waals surface area contributed by atoms with E-state index in [1.54, 1.807) is 7.05 Å². The van der Waals surface area contributed by atoms with E-state index in [9.17, 15) is 35.9 Å². The molecular weight excluding hydrogens is 320 g/mol. The molecule has 0 unspecified atom stereocenters. The van der Waals surface area contributed by atoms with Crippen LogP contribution in [0.15, 0.2) is 0 Å². The number of rotatable bonds is 8. The summed E-state index contributed by atoms with van der Waals surface area (Å²) in [5.41, 5.74) is 0. The number of hydrogen-bond donors (Lipinski definition) is 2. The van der Waals surface area contributed by atoms with Crippen molar-refractivity contribution >= 4 is 11.8 Å². The summed E-state index contributed by atoms with van der Waals surface area (Å²) in [5, 5.41) is 4.23. The first-order chi connectivity index (χ1) is 10.00. The fraction of sp³-hybridized carbons (Fsp3) is 0.818. The van der Waals surface area contributed by atoms with Gasteiger partial charge in [-0.3, -0.25) is 9.59 Å². The first-order valence-electron chi connectivity index (χ1n) is 6.36. The van der Waals surface area contributed by atoms with Crippen LogP contribution in [0.5, 0.6) is 0 Å². The molecule has 2 amide bonds. The van der Waals surface area contributed by atoms with Crippen molar-refractivity contribution in [2.24, 2.45) is 0 Å². The van der Waals surface area contributed by atoms with E-state index in [-0.39, 0.29) is 19.4 Å². The van der Waals surface area contributed by atoms with Gasteiger partial charge in [0.1, 0.15) is 0 Å². The third kappa shape index (κ3) is 8.05. The van der Waals surface area contributed by atoms with Gasteiger partial charge in [0.25, 0.3) is 0 Å². The highest BCUT2D eigenvalue weighted by atomic mass is 19.4. The number of carbonyl (C=O) groups is 2. The van der Waals surface area contributed by atoms with Gasteiger partial charge in [-0.05, 0) is 26.4 Å². The topological polar surface area (TPSA) is 61.4 Å². The highest BCUT2D eigenvalue weighted by Crippen LogP contribution is 2.19. The molecule has 0 aromatic rings. The molecule has 0 heterocycles. The molecule has 0 saturated heterocycles. The Labute approximate surface area is 123 Å². The quantitative estimate of drug-likeness (QED) is 0.514. The molecule has 11 heteroatoms. The van der Waals surface area contributed by atoms with Crippen LogP contribution in [0.25, 0.3) is 0 Å². The van der Waals surface area contributed by atoms with Crippen LogP contribution >= 0.6 is 0 Å². The molecule has 22 heavy (non-hydrogen) atoms. The first kappa shape index (κ1) is 20.5. The summed E-state index contributed by atoms with van der Waals surface area (Å²) in [7, 11) is 1.59. The molecule has 2 N–H and O–H groups in total. The minimum Gasteiger partial charge on any atom is -0.348 e. The van der Waals surface area contributed by atoms with Crippen molar-refractivity contribution in [3.8, 4) is 0 Å². The minimum atomic E-state index is -5.05. The molecule has 0 saturated carbocycles. The number of alkyl halides is 6. The lowest BCUT2D eigenvalue weighted by molar-refractivity contribution is -0.185. The van der Waals surface area contributed by atoms with Crippen LogP contribution < -0.4 is 10.6 Å². The molecule has 0 aliphatic heterocycles. The number of hydrogen-bond acceptors (Lipinski definition) is 3. The van der Waals surface area contributed by atoms with Gasteiger partial charge in [0.15, 0.2) is 0 Å². The van der Waals surface area contributed by atoms with Crippen LogP contribution in [0.1, 0.15) is 12.8 Å². The van der Waals surface area contributed by atoms with Gasteiger partial charge >= 0.3 is 24.2 Å². The first-order valence-corrected chi connectivity index (χ1v) is 6.36. The van der Waals surface area contributed by atoms with Crippen LogP contribution in [-0.2, 0) is 9.59 Å². The zero-order valence-corrected chi connectivity index (χ0v) is 11.8. The van der Waals surface area contributed by atoms with E-state index in [0.717, 1.165) is 0 Å². The summed E-state index contributed by atoms with van der Waals surface area (Å²) in [6.45, 7) is -0.689. The van der Waals surface area contributed by atoms with Gasteiger partial charge in [-0.1, -0.05) is 0 Å². The molecule has 0 rings (SSSR count). The van der Waals surface area contributed by atoms with Crippen molar-refractivity contribution < 1.29 is 35.9 Å². The fourth-order valence-corrected chi connectivity index (χ4v) is 1.51. The predicted octanol–water partition coefficient (Wildman–Crippen LogP) is 1.06. The predicted molar refractivity (Wildman–Crippen MR) is 64.9 cm³/mol. The van der Waals surface area contributed by atoms with Crippen LogP contribution in [-0.4, -0.2) is 62.3 Å². The standard InChI is InChI=1S/C11H17F6N3O2/c1-18-4-2-6-20(9(22)11(15,16)17)7-3-5-19-8(21)10(12,13)14/h18H,2-7H2,1H3,(H,19,21). The van der Waals surface area contributed by atoms with Crippen molar-refractivity contribution in [1.29, 1.82) is 0 Å². The number of nitrogens with zero attached hydrogens (tertiary/aromatic N) is 1. The van der Waals surface area contributed by atoms with Gasteiger partial charge in [0, 0.05) is 19.6 Å². The second kappa shape index (κ2) is 8.81. The maximum Gasteiger partial charge on any atom is 0.471 e. The van der Waals surface area contributed by atoms with E-state index in [1.165, 1.54) is 5.32 Å².